The molecule has 3 aromatic rings. The summed E-state index contributed by atoms with van der Waals surface area (Å²) in [4.78, 5) is 29.5. The molecule has 1 amide bonds. The van der Waals surface area contributed by atoms with Gasteiger partial charge in [-0.2, -0.15) is 0 Å². The maximum absolute atomic E-state index is 13.8. The zero-order valence-electron chi connectivity index (χ0n) is 17.0. The van der Waals surface area contributed by atoms with Crippen LogP contribution in [0, 0.1) is 5.82 Å². The van der Waals surface area contributed by atoms with Crippen LogP contribution in [-0.4, -0.2) is 34.5 Å². The third kappa shape index (κ3) is 4.74. The number of hydrogen-bond acceptors (Lipinski definition) is 5. The highest BCUT2D eigenvalue weighted by Gasteiger charge is 2.22. The average Bonchev–Trinajstić information content (AvgIpc) is 3.21. The Balaban J connectivity index is 1.43. The first kappa shape index (κ1) is 20.6. The highest BCUT2D eigenvalue weighted by atomic mass is 19.1. The summed E-state index contributed by atoms with van der Waals surface area (Å²) >= 11 is 0. The van der Waals surface area contributed by atoms with E-state index in [1.54, 1.807) is 54.3 Å². The van der Waals surface area contributed by atoms with Gasteiger partial charge in [0, 0.05) is 37.8 Å². The molecule has 1 unspecified atom stereocenters. The van der Waals surface area contributed by atoms with E-state index < -0.39 is 11.9 Å². The number of carbonyl (C=O) groups excluding carboxylic acids is 2. The lowest BCUT2D eigenvalue weighted by molar-refractivity contribution is -0.121. The van der Waals surface area contributed by atoms with Crippen molar-refractivity contribution in [2.75, 3.05) is 13.2 Å². The normalized spacial score (nSPS) is 13.5. The zero-order valence-corrected chi connectivity index (χ0v) is 17.0. The predicted molar refractivity (Wildman–Crippen MR) is 111 cm³/mol. The number of aromatic nitrogens is 2. The van der Waals surface area contributed by atoms with E-state index in [4.69, 9.17) is 9.47 Å². The topological polar surface area (TPSA) is 82.5 Å². The Morgan fingerprint density at radius 3 is 2.68 bits per heavy atom. The molecular formula is C23H22FN3O4. The van der Waals surface area contributed by atoms with Gasteiger partial charge >= 0.3 is 0 Å². The number of amides is 1. The highest BCUT2D eigenvalue weighted by molar-refractivity contribution is 5.98. The molecule has 2 heterocycles. The largest absolute Gasteiger partial charge is 0.486 e. The molecule has 8 heteroatoms. The summed E-state index contributed by atoms with van der Waals surface area (Å²) in [5.41, 5.74) is 1.03. The molecule has 0 saturated heterocycles. The molecule has 0 bridgehead atoms. The summed E-state index contributed by atoms with van der Waals surface area (Å²) in [5, 5.41) is 2.87. The van der Waals surface area contributed by atoms with Crippen molar-refractivity contribution in [3.8, 4) is 11.5 Å². The molecule has 0 radical (unpaired) electrons. The number of Topliss-reactive ketones (excluding diaryl/α,β-unsaturated/α-hetero) is 1. The average molecular weight is 423 g/mol. The number of halogens is 1. The molecule has 1 atom stereocenters. The molecule has 4 rings (SSSR count). The van der Waals surface area contributed by atoms with Crippen LogP contribution in [0.1, 0.15) is 40.6 Å². The van der Waals surface area contributed by atoms with Crippen LogP contribution < -0.4 is 14.8 Å². The molecule has 1 aliphatic rings. The standard InChI is InChI=1S/C23H22FN3O4/c1-27-10-9-25-23(27)22(16-3-2-4-17(24)13-16)26-21(29)8-6-18(28)15-5-7-19-20(14-15)31-12-11-30-19/h2-5,7,9-10,13-14,22H,6,8,11-12H2,1H3,(H,26,29). The van der Waals surface area contributed by atoms with Gasteiger partial charge in [-0.25, -0.2) is 9.37 Å². The quantitative estimate of drug-likeness (QED) is 0.590. The molecule has 160 valence electrons. The molecular weight excluding hydrogens is 401 g/mol. The maximum Gasteiger partial charge on any atom is 0.221 e. The van der Waals surface area contributed by atoms with Crippen molar-refractivity contribution in [1.29, 1.82) is 0 Å². The number of ether oxygens (including phenoxy) is 2. The van der Waals surface area contributed by atoms with Crippen LogP contribution in [0.3, 0.4) is 0 Å². The number of carbonyl (C=O) groups is 2. The van der Waals surface area contributed by atoms with Gasteiger partial charge in [-0.1, -0.05) is 12.1 Å². The molecule has 1 aromatic heterocycles. The fraction of sp³-hybridized carbons (Fsp3) is 0.261. The van der Waals surface area contributed by atoms with Crippen molar-refractivity contribution >= 4 is 11.7 Å². The van der Waals surface area contributed by atoms with Gasteiger partial charge < -0.3 is 19.4 Å². The molecule has 2 aromatic carbocycles. The Morgan fingerprint density at radius 2 is 1.94 bits per heavy atom. The van der Waals surface area contributed by atoms with Crippen LogP contribution in [0.25, 0.3) is 0 Å². The Kier molecular flexibility index (Phi) is 5.97. The summed E-state index contributed by atoms with van der Waals surface area (Å²) in [7, 11) is 1.80. The van der Waals surface area contributed by atoms with Crippen molar-refractivity contribution in [3.05, 3.63) is 77.6 Å². The van der Waals surface area contributed by atoms with E-state index >= 15 is 0 Å². The van der Waals surface area contributed by atoms with E-state index in [1.165, 1.54) is 12.1 Å². The maximum atomic E-state index is 13.8. The molecule has 0 saturated carbocycles. The van der Waals surface area contributed by atoms with Gasteiger partial charge in [0.05, 0.1) is 0 Å². The van der Waals surface area contributed by atoms with Gasteiger partial charge in [-0.3, -0.25) is 9.59 Å². The number of nitrogens with one attached hydrogen (secondary N) is 1. The number of nitrogens with zero attached hydrogens (tertiary/aromatic N) is 2. The summed E-state index contributed by atoms with van der Waals surface area (Å²) in [6.07, 6.45) is 3.38. The lowest BCUT2D eigenvalue weighted by Gasteiger charge is -2.19. The van der Waals surface area contributed by atoms with Gasteiger partial charge in [0.15, 0.2) is 17.3 Å². The van der Waals surface area contributed by atoms with Gasteiger partial charge in [-0.05, 0) is 35.9 Å². The predicted octanol–water partition coefficient (Wildman–Crippen LogP) is 3.20. The number of benzene rings is 2. The number of fused-ring (bicyclic) bond motifs is 1. The Morgan fingerprint density at radius 1 is 1.13 bits per heavy atom. The number of aryl methyl sites for hydroxylation is 1. The molecule has 1 aliphatic heterocycles. The van der Waals surface area contributed by atoms with Gasteiger partial charge in [0.25, 0.3) is 0 Å². The monoisotopic (exact) mass is 423 g/mol. The van der Waals surface area contributed by atoms with Crippen molar-refractivity contribution in [2.24, 2.45) is 7.05 Å². The van der Waals surface area contributed by atoms with Crippen LogP contribution in [0.15, 0.2) is 54.9 Å². The van der Waals surface area contributed by atoms with Crippen LogP contribution in [-0.2, 0) is 11.8 Å². The van der Waals surface area contributed by atoms with E-state index in [0.29, 0.717) is 41.7 Å². The summed E-state index contributed by atoms with van der Waals surface area (Å²) in [6.45, 7) is 0.907. The molecule has 7 nitrogen and oxygen atoms in total. The number of ketones is 1. The van der Waals surface area contributed by atoms with Crippen molar-refractivity contribution < 1.29 is 23.5 Å². The lowest BCUT2D eigenvalue weighted by atomic mass is 10.0. The van der Waals surface area contributed by atoms with Crippen LogP contribution in [0.2, 0.25) is 0 Å². The van der Waals surface area contributed by atoms with E-state index in [-0.39, 0.29) is 24.5 Å². The highest BCUT2D eigenvalue weighted by Crippen LogP contribution is 2.31. The molecule has 1 N–H and O–H groups in total. The second-order valence-corrected chi connectivity index (χ2v) is 7.23. The van der Waals surface area contributed by atoms with Crippen LogP contribution in [0.4, 0.5) is 4.39 Å². The second kappa shape index (κ2) is 8.99. The van der Waals surface area contributed by atoms with E-state index in [1.807, 2.05) is 0 Å². The zero-order chi connectivity index (χ0) is 21.8. The minimum absolute atomic E-state index is 0.0104. The Bertz CT molecular complexity index is 1110. The van der Waals surface area contributed by atoms with Crippen molar-refractivity contribution in [3.63, 3.8) is 0 Å². The lowest BCUT2D eigenvalue weighted by Crippen LogP contribution is -2.31. The van der Waals surface area contributed by atoms with Gasteiger partial charge in [0.2, 0.25) is 5.91 Å². The minimum atomic E-state index is -0.632. The third-order valence-electron chi connectivity index (χ3n) is 5.05. The van der Waals surface area contributed by atoms with Gasteiger partial charge in [-0.15, -0.1) is 0 Å². The van der Waals surface area contributed by atoms with E-state index in [2.05, 4.69) is 10.3 Å². The van der Waals surface area contributed by atoms with Gasteiger partial charge in [0.1, 0.15) is 30.9 Å². The number of imidazole rings is 1. The summed E-state index contributed by atoms with van der Waals surface area (Å²) < 4.78 is 26.5. The third-order valence-corrected chi connectivity index (χ3v) is 5.05. The van der Waals surface area contributed by atoms with Crippen molar-refractivity contribution in [1.82, 2.24) is 14.9 Å². The molecule has 31 heavy (non-hydrogen) atoms. The Labute approximate surface area is 178 Å². The number of hydrogen-bond donors (Lipinski definition) is 1. The first-order valence-electron chi connectivity index (χ1n) is 9.96. The molecule has 0 spiro atoms. The SMILES string of the molecule is Cn1ccnc1C(NC(=O)CCC(=O)c1ccc2c(c1)OCCO2)c1cccc(F)c1. The van der Waals surface area contributed by atoms with Crippen molar-refractivity contribution in [2.45, 2.75) is 18.9 Å². The van der Waals surface area contributed by atoms with Crippen LogP contribution in [0.5, 0.6) is 11.5 Å². The first-order valence-corrected chi connectivity index (χ1v) is 9.96. The first-order chi connectivity index (χ1) is 15.0. The summed E-state index contributed by atoms with van der Waals surface area (Å²) in [6, 6.07) is 10.4. The fourth-order valence-corrected chi connectivity index (χ4v) is 3.46. The molecule has 0 fully saturated rings. The minimum Gasteiger partial charge on any atom is -0.486 e. The summed E-state index contributed by atoms with van der Waals surface area (Å²) in [5.74, 6) is 0.794. The second-order valence-electron chi connectivity index (χ2n) is 7.23. The Hall–Kier alpha value is -3.68. The molecule has 0 aliphatic carbocycles. The van der Waals surface area contributed by atoms with E-state index in [0.717, 1.165) is 0 Å². The van der Waals surface area contributed by atoms with E-state index in [9.17, 15) is 14.0 Å². The smallest absolute Gasteiger partial charge is 0.221 e. The van der Waals surface area contributed by atoms with Crippen LogP contribution >= 0.6 is 0 Å². The number of rotatable bonds is 7. The fourth-order valence-electron chi connectivity index (χ4n) is 3.46.